The second-order valence-corrected chi connectivity index (χ2v) is 8.70. The Morgan fingerprint density at radius 2 is 2.07 bits per heavy atom. The van der Waals surface area contributed by atoms with E-state index in [1.165, 1.54) is 4.57 Å². The molecule has 2 heterocycles. The number of hydrogen-bond donors (Lipinski definition) is 2. The van der Waals surface area contributed by atoms with E-state index in [0.717, 1.165) is 24.8 Å². The molecule has 0 aliphatic carbocycles. The number of fused-ring (bicyclic) bond motifs is 1. The van der Waals surface area contributed by atoms with Gasteiger partial charge in [-0.1, -0.05) is 0 Å². The molecule has 0 spiro atoms. The van der Waals surface area contributed by atoms with Crippen molar-refractivity contribution in [2.24, 2.45) is 13.0 Å². The Kier molecular flexibility index (Phi) is 6.00. The van der Waals surface area contributed by atoms with E-state index in [-0.39, 0.29) is 17.7 Å². The molecule has 1 aromatic heterocycles. The van der Waals surface area contributed by atoms with Gasteiger partial charge in [0.2, 0.25) is 0 Å². The first kappa shape index (κ1) is 21.0. The Bertz CT molecular complexity index is 954. The minimum atomic E-state index is -0.498. The fourth-order valence-electron chi connectivity index (χ4n) is 3.66. The molecule has 1 aliphatic rings. The number of nitrogens with zero attached hydrogens (tertiary/aromatic N) is 2. The van der Waals surface area contributed by atoms with Gasteiger partial charge in [-0.25, -0.2) is 9.59 Å². The summed E-state index contributed by atoms with van der Waals surface area (Å²) >= 11 is 0. The smallest absolute Gasteiger partial charge is 0.410 e. The molecule has 1 aromatic carbocycles. The Morgan fingerprint density at radius 3 is 2.79 bits per heavy atom. The van der Waals surface area contributed by atoms with Crippen LogP contribution in [0.15, 0.2) is 23.0 Å². The van der Waals surface area contributed by atoms with Crippen molar-refractivity contribution in [3.63, 3.8) is 0 Å². The van der Waals surface area contributed by atoms with E-state index in [4.69, 9.17) is 4.74 Å². The average molecular weight is 402 g/mol. The van der Waals surface area contributed by atoms with Crippen LogP contribution in [-0.4, -0.2) is 51.7 Å². The summed E-state index contributed by atoms with van der Waals surface area (Å²) in [7, 11) is 1.69. The lowest BCUT2D eigenvalue weighted by molar-refractivity contribution is 0.0161. The molecule has 29 heavy (non-hydrogen) atoms. The fourth-order valence-corrected chi connectivity index (χ4v) is 3.66. The van der Waals surface area contributed by atoms with Crippen molar-refractivity contribution in [2.75, 3.05) is 19.6 Å². The molecular formula is C21H30N4O4. The monoisotopic (exact) mass is 402 g/mol. The number of likely N-dealkylation sites (tertiary alicyclic amines) is 1. The minimum Gasteiger partial charge on any atom is -0.444 e. The maximum atomic E-state index is 12.5. The number of rotatable bonds is 4. The molecule has 0 radical (unpaired) electrons. The number of hydrogen-bond acceptors (Lipinski definition) is 4. The summed E-state index contributed by atoms with van der Waals surface area (Å²) in [6.07, 6.45) is 2.51. The zero-order chi connectivity index (χ0) is 21.2. The Hall–Kier alpha value is -2.77. The summed E-state index contributed by atoms with van der Waals surface area (Å²) in [5.41, 5.74) is 1.21. The number of benzene rings is 1. The van der Waals surface area contributed by atoms with E-state index in [1.54, 1.807) is 30.1 Å². The second-order valence-electron chi connectivity index (χ2n) is 8.70. The van der Waals surface area contributed by atoms with Crippen molar-refractivity contribution in [2.45, 2.75) is 45.6 Å². The third-order valence-corrected chi connectivity index (χ3v) is 5.18. The lowest BCUT2D eigenvalue weighted by Gasteiger charge is -2.34. The lowest BCUT2D eigenvalue weighted by Crippen LogP contribution is -2.43. The van der Waals surface area contributed by atoms with Gasteiger partial charge in [0, 0.05) is 32.2 Å². The van der Waals surface area contributed by atoms with Crippen molar-refractivity contribution < 1.29 is 14.3 Å². The number of H-pyrrole nitrogens is 1. The molecule has 8 heteroatoms. The van der Waals surface area contributed by atoms with Crippen molar-refractivity contribution >= 4 is 23.0 Å². The molecule has 0 bridgehead atoms. The third kappa shape index (κ3) is 5.19. The van der Waals surface area contributed by atoms with Crippen molar-refractivity contribution in [1.29, 1.82) is 0 Å². The number of carbonyl (C=O) groups is 2. The standard InChI is InChI=1S/C21H30N4O4/c1-21(2,3)29-20(28)25-11-5-6-14(13-25)9-10-22-18(26)15-7-8-17-16(12-15)23-19(27)24(17)4/h7-8,12,14H,5-6,9-11,13H2,1-4H3,(H,22,26)(H,23,27). The molecular weight excluding hydrogens is 372 g/mol. The van der Waals surface area contributed by atoms with Crippen LogP contribution in [0, 0.1) is 5.92 Å². The maximum Gasteiger partial charge on any atom is 0.410 e. The van der Waals surface area contributed by atoms with Gasteiger partial charge in [-0.15, -0.1) is 0 Å². The molecule has 1 atom stereocenters. The van der Waals surface area contributed by atoms with Gasteiger partial charge < -0.3 is 19.9 Å². The second kappa shape index (κ2) is 8.31. The first-order valence-electron chi connectivity index (χ1n) is 10.1. The molecule has 8 nitrogen and oxygen atoms in total. The molecule has 1 fully saturated rings. The number of carbonyl (C=O) groups excluding carboxylic acids is 2. The van der Waals surface area contributed by atoms with Crippen LogP contribution in [0.5, 0.6) is 0 Å². The number of aromatic nitrogens is 2. The molecule has 2 N–H and O–H groups in total. The topological polar surface area (TPSA) is 96.4 Å². The van der Waals surface area contributed by atoms with Gasteiger partial charge in [0.15, 0.2) is 0 Å². The number of ether oxygens (including phenoxy) is 1. The van der Waals surface area contributed by atoms with Crippen LogP contribution < -0.4 is 11.0 Å². The number of aryl methyl sites for hydroxylation is 1. The van der Waals surface area contributed by atoms with Crippen LogP contribution >= 0.6 is 0 Å². The number of aromatic amines is 1. The summed E-state index contributed by atoms with van der Waals surface area (Å²) in [4.78, 5) is 40.9. The number of nitrogens with one attached hydrogen (secondary N) is 2. The highest BCUT2D eigenvalue weighted by Gasteiger charge is 2.27. The predicted molar refractivity (Wildman–Crippen MR) is 111 cm³/mol. The van der Waals surface area contributed by atoms with Gasteiger partial charge in [-0.3, -0.25) is 9.36 Å². The highest BCUT2D eigenvalue weighted by Crippen LogP contribution is 2.21. The minimum absolute atomic E-state index is 0.170. The van der Waals surface area contributed by atoms with Gasteiger partial charge in [-0.05, 0) is 64.2 Å². The van der Waals surface area contributed by atoms with Crippen LogP contribution in [0.1, 0.15) is 50.4 Å². The molecule has 2 aromatic rings. The number of imidazole rings is 1. The van der Waals surface area contributed by atoms with Crippen LogP contribution in [0.25, 0.3) is 11.0 Å². The Balaban J connectivity index is 1.51. The van der Waals surface area contributed by atoms with Gasteiger partial charge in [0.25, 0.3) is 5.91 Å². The van der Waals surface area contributed by atoms with Gasteiger partial charge in [0.1, 0.15) is 5.60 Å². The van der Waals surface area contributed by atoms with Gasteiger partial charge >= 0.3 is 11.8 Å². The largest absolute Gasteiger partial charge is 0.444 e. The maximum absolute atomic E-state index is 12.5. The highest BCUT2D eigenvalue weighted by atomic mass is 16.6. The first-order chi connectivity index (χ1) is 13.6. The molecule has 1 saturated heterocycles. The van der Waals surface area contributed by atoms with Crippen LogP contribution in [-0.2, 0) is 11.8 Å². The first-order valence-corrected chi connectivity index (χ1v) is 10.1. The quantitative estimate of drug-likeness (QED) is 0.822. The van der Waals surface area contributed by atoms with Crippen LogP contribution in [0.2, 0.25) is 0 Å². The van der Waals surface area contributed by atoms with E-state index in [9.17, 15) is 14.4 Å². The molecule has 3 rings (SSSR count). The SMILES string of the molecule is Cn1c(=O)[nH]c2cc(C(=O)NCCC3CCCN(C(=O)OC(C)(C)C)C3)ccc21. The van der Waals surface area contributed by atoms with Crippen LogP contribution in [0.3, 0.4) is 0 Å². The van der Waals surface area contributed by atoms with E-state index >= 15 is 0 Å². The van der Waals surface area contributed by atoms with Gasteiger partial charge in [-0.2, -0.15) is 0 Å². The zero-order valence-electron chi connectivity index (χ0n) is 17.6. The highest BCUT2D eigenvalue weighted by molar-refractivity contribution is 5.97. The summed E-state index contributed by atoms with van der Waals surface area (Å²) in [5.74, 6) is 0.168. The van der Waals surface area contributed by atoms with Crippen molar-refractivity contribution in [3.05, 3.63) is 34.2 Å². The number of piperidine rings is 1. The molecule has 0 saturated carbocycles. The summed E-state index contributed by atoms with van der Waals surface area (Å²) in [6, 6.07) is 5.18. The van der Waals surface area contributed by atoms with Crippen molar-refractivity contribution in [1.82, 2.24) is 19.8 Å². The summed E-state index contributed by atoms with van der Waals surface area (Å²) < 4.78 is 6.97. The van der Waals surface area contributed by atoms with E-state index < -0.39 is 5.60 Å². The normalized spacial score (nSPS) is 17.4. The van der Waals surface area contributed by atoms with Crippen molar-refractivity contribution in [3.8, 4) is 0 Å². The third-order valence-electron chi connectivity index (χ3n) is 5.18. The summed E-state index contributed by atoms with van der Waals surface area (Å²) in [6.45, 7) is 7.50. The lowest BCUT2D eigenvalue weighted by atomic mass is 9.95. The fraction of sp³-hybridized carbons (Fsp3) is 0.571. The Morgan fingerprint density at radius 1 is 1.31 bits per heavy atom. The zero-order valence-corrected chi connectivity index (χ0v) is 17.6. The van der Waals surface area contributed by atoms with E-state index in [0.29, 0.717) is 36.6 Å². The molecule has 2 amide bonds. The number of amides is 2. The molecule has 1 unspecified atom stereocenters. The average Bonchev–Trinajstić information content (AvgIpc) is 2.94. The van der Waals surface area contributed by atoms with Gasteiger partial charge in [0.05, 0.1) is 11.0 Å². The summed E-state index contributed by atoms with van der Waals surface area (Å²) in [5, 5.41) is 2.94. The molecule has 158 valence electrons. The predicted octanol–water partition coefficient (Wildman–Crippen LogP) is 2.63. The Labute approximate surface area is 170 Å². The van der Waals surface area contributed by atoms with E-state index in [1.807, 2.05) is 20.8 Å². The van der Waals surface area contributed by atoms with Crippen LogP contribution in [0.4, 0.5) is 4.79 Å². The molecule has 1 aliphatic heterocycles. The van der Waals surface area contributed by atoms with E-state index in [2.05, 4.69) is 10.3 Å².